The molecule has 1 saturated heterocycles. The zero-order valence-electron chi connectivity index (χ0n) is 21.4. The zero-order chi connectivity index (χ0) is 27.0. The number of carbonyl (C=O) groups excluding carboxylic acids is 2. The maximum atomic E-state index is 13.3. The summed E-state index contributed by atoms with van der Waals surface area (Å²) in [5.74, 6) is -2.64. The molecular formula is C32H30O7. The van der Waals surface area contributed by atoms with Gasteiger partial charge in [0.15, 0.2) is 11.6 Å². The minimum Gasteiger partial charge on any atom is -0.507 e. The van der Waals surface area contributed by atoms with E-state index >= 15 is 0 Å². The van der Waals surface area contributed by atoms with Crippen LogP contribution < -0.4 is 9.47 Å². The van der Waals surface area contributed by atoms with Gasteiger partial charge in [0.05, 0.1) is 12.5 Å². The summed E-state index contributed by atoms with van der Waals surface area (Å²) in [6, 6.07) is 20.6. The van der Waals surface area contributed by atoms with Crippen LogP contribution in [0.4, 0.5) is 0 Å². The van der Waals surface area contributed by atoms with Gasteiger partial charge in [-0.05, 0) is 42.4 Å². The van der Waals surface area contributed by atoms with Gasteiger partial charge >= 0.3 is 5.97 Å². The lowest BCUT2D eigenvalue weighted by molar-refractivity contribution is -0.227. The van der Waals surface area contributed by atoms with Crippen molar-refractivity contribution in [3.05, 3.63) is 95.1 Å². The van der Waals surface area contributed by atoms with Crippen molar-refractivity contribution in [2.45, 2.75) is 62.4 Å². The fraction of sp³-hybridized carbons (Fsp3) is 0.312. The number of hydrogen-bond acceptors (Lipinski definition) is 7. The summed E-state index contributed by atoms with van der Waals surface area (Å²) in [7, 11) is 0. The summed E-state index contributed by atoms with van der Waals surface area (Å²) in [6.07, 6.45) is 4.51. The number of phenolic OH excluding ortho intramolecular Hbond substituents is 1. The smallest absolute Gasteiger partial charge is 0.311 e. The Morgan fingerprint density at radius 2 is 1.72 bits per heavy atom. The van der Waals surface area contributed by atoms with E-state index in [4.69, 9.17) is 14.2 Å². The number of carbonyl (C=O) groups is 2. The summed E-state index contributed by atoms with van der Waals surface area (Å²) >= 11 is 0. The molecule has 3 aromatic rings. The van der Waals surface area contributed by atoms with E-state index in [1.54, 1.807) is 18.2 Å². The highest BCUT2D eigenvalue weighted by Crippen LogP contribution is 2.52. The number of ketones is 1. The molecule has 0 spiro atoms. The highest BCUT2D eigenvalue weighted by Gasteiger charge is 2.43. The SMILES string of the molecule is O=C1CCC[C@H]2CC(C[C@@](O)(/C=C/c3ccccc3)O2)c2c(cc3c(c2O)C(=O)C[C@@H](c2ccccc2)O3)O1. The van der Waals surface area contributed by atoms with E-state index in [0.29, 0.717) is 24.8 Å². The maximum absolute atomic E-state index is 13.3. The van der Waals surface area contributed by atoms with Crippen molar-refractivity contribution in [2.24, 2.45) is 0 Å². The Labute approximate surface area is 226 Å². The predicted molar refractivity (Wildman–Crippen MR) is 144 cm³/mol. The quantitative estimate of drug-likeness (QED) is 0.326. The Hall–Kier alpha value is -3.94. The Balaban J connectivity index is 1.40. The third-order valence-corrected chi connectivity index (χ3v) is 7.69. The molecule has 2 N–H and O–H groups in total. The fourth-order valence-corrected chi connectivity index (χ4v) is 5.88. The molecule has 0 radical (unpaired) electrons. The molecule has 1 fully saturated rings. The first-order valence-electron chi connectivity index (χ1n) is 13.4. The number of fused-ring (bicyclic) bond motifs is 5. The number of benzene rings is 3. The second-order valence-electron chi connectivity index (χ2n) is 10.5. The molecule has 3 heterocycles. The fourth-order valence-electron chi connectivity index (χ4n) is 5.88. The minimum absolute atomic E-state index is 0.0727. The summed E-state index contributed by atoms with van der Waals surface area (Å²) in [6.45, 7) is 0. The molecule has 3 aromatic carbocycles. The molecule has 200 valence electrons. The highest BCUT2D eigenvalue weighted by atomic mass is 16.6. The molecule has 7 nitrogen and oxygen atoms in total. The molecule has 6 rings (SSSR count). The van der Waals surface area contributed by atoms with Crippen LogP contribution in [0.5, 0.6) is 17.2 Å². The number of esters is 1. The Kier molecular flexibility index (Phi) is 6.71. The summed E-state index contributed by atoms with van der Waals surface area (Å²) in [4.78, 5) is 26.0. The number of ether oxygens (including phenoxy) is 3. The van der Waals surface area contributed by atoms with Crippen molar-refractivity contribution in [1.29, 1.82) is 0 Å². The van der Waals surface area contributed by atoms with E-state index in [0.717, 1.165) is 11.1 Å². The summed E-state index contributed by atoms with van der Waals surface area (Å²) in [5, 5.41) is 23.1. The van der Waals surface area contributed by atoms with Crippen LogP contribution in [0.2, 0.25) is 0 Å². The molecule has 2 bridgehead atoms. The van der Waals surface area contributed by atoms with E-state index in [-0.39, 0.29) is 54.0 Å². The monoisotopic (exact) mass is 526 g/mol. The van der Waals surface area contributed by atoms with Crippen molar-refractivity contribution in [2.75, 3.05) is 0 Å². The molecular weight excluding hydrogens is 496 g/mol. The van der Waals surface area contributed by atoms with Crippen molar-refractivity contribution in [3.8, 4) is 17.2 Å². The molecule has 7 heteroatoms. The molecule has 3 aliphatic rings. The molecule has 39 heavy (non-hydrogen) atoms. The number of phenols is 1. The van der Waals surface area contributed by atoms with Crippen LogP contribution in [0.3, 0.4) is 0 Å². The molecule has 0 aliphatic carbocycles. The molecule has 3 aliphatic heterocycles. The lowest BCUT2D eigenvalue weighted by Crippen LogP contribution is -2.42. The van der Waals surface area contributed by atoms with Gasteiger partial charge in [-0.3, -0.25) is 9.59 Å². The number of hydrogen-bond donors (Lipinski definition) is 2. The zero-order valence-corrected chi connectivity index (χ0v) is 21.4. The lowest BCUT2D eigenvalue weighted by Gasteiger charge is -2.41. The average molecular weight is 527 g/mol. The van der Waals surface area contributed by atoms with Gasteiger partial charge in [-0.2, -0.15) is 0 Å². The minimum atomic E-state index is -1.61. The predicted octanol–water partition coefficient (Wildman–Crippen LogP) is 5.85. The summed E-state index contributed by atoms with van der Waals surface area (Å²) < 4.78 is 18.1. The van der Waals surface area contributed by atoms with Crippen LogP contribution in [0.1, 0.15) is 77.6 Å². The van der Waals surface area contributed by atoms with Gasteiger partial charge in [0.25, 0.3) is 0 Å². The molecule has 0 aromatic heterocycles. The van der Waals surface area contributed by atoms with E-state index in [1.165, 1.54) is 0 Å². The van der Waals surface area contributed by atoms with Gasteiger partial charge in [-0.1, -0.05) is 66.7 Å². The third-order valence-electron chi connectivity index (χ3n) is 7.69. The largest absolute Gasteiger partial charge is 0.507 e. The number of aliphatic hydroxyl groups is 1. The lowest BCUT2D eigenvalue weighted by atomic mass is 9.80. The number of aromatic hydroxyl groups is 1. The van der Waals surface area contributed by atoms with Crippen molar-refractivity contribution in [1.82, 2.24) is 0 Å². The van der Waals surface area contributed by atoms with Crippen molar-refractivity contribution >= 4 is 17.8 Å². The molecule has 1 unspecified atom stereocenters. The van der Waals surface area contributed by atoms with Crippen molar-refractivity contribution in [3.63, 3.8) is 0 Å². The van der Waals surface area contributed by atoms with Gasteiger partial charge in [0.2, 0.25) is 0 Å². The van der Waals surface area contributed by atoms with Gasteiger partial charge < -0.3 is 24.4 Å². The van der Waals surface area contributed by atoms with Crippen LogP contribution in [0.15, 0.2) is 72.8 Å². The maximum Gasteiger partial charge on any atom is 0.311 e. The van der Waals surface area contributed by atoms with Crippen LogP contribution >= 0.6 is 0 Å². The van der Waals surface area contributed by atoms with E-state index in [2.05, 4.69) is 0 Å². The van der Waals surface area contributed by atoms with Gasteiger partial charge in [0, 0.05) is 24.5 Å². The highest BCUT2D eigenvalue weighted by molar-refractivity contribution is 6.03. The third kappa shape index (κ3) is 5.20. The second-order valence-corrected chi connectivity index (χ2v) is 10.5. The standard InChI is InChI=1S/C32H30O7/c33-24-17-25(21-10-5-2-6-11-21)37-27-18-26-29(31(35)30(24)27)22-16-23(12-7-13-28(34)38-26)39-32(36,19-22)15-14-20-8-3-1-4-9-20/h1-6,8-11,14-15,18,22-23,25,35-36H,7,12-13,16-17,19H2/b15-14+/t22?,23-,25-,32+/m0/s1. The Morgan fingerprint density at radius 1 is 0.974 bits per heavy atom. The normalized spacial score (nSPS) is 26.7. The average Bonchev–Trinajstić information content (AvgIpc) is 2.92. The van der Waals surface area contributed by atoms with Crippen LogP contribution in [-0.2, 0) is 9.53 Å². The van der Waals surface area contributed by atoms with Crippen molar-refractivity contribution < 1.29 is 34.0 Å². The van der Waals surface area contributed by atoms with Gasteiger partial charge in [0.1, 0.15) is 28.9 Å². The van der Waals surface area contributed by atoms with Crippen LogP contribution in [0, 0.1) is 0 Å². The van der Waals surface area contributed by atoms with Gasteiger partial charge in [-0.25, -0.2) is 0 Å². The van der Waals surface area contributed by atoms with E-state index in [1.807, 2.05) is 60.7 Å². The molecule has 0 saturated carbocycles. The topological polar surface area (TPSA) is 102 Å². The first-order chi connectivity index (χ1) is 18.9. The number of Topliss-reactive ketones (excluding diaryl/α,β-unsaturated/α-hetero) is 1. The van der Waals surface area contributed by atoms with E-state index < -0.39 is 23.8 Å². The molecule has 0 amide bonds. The van der Waals surface area contributed by atoms with E-state index in [9.17, 15) is 19.8 Å². The number of rotatable bonds is 3. The van der Waals surface area contributed by atoms with Crippen LogP contribution in [0.25, 0.3) is 6.08 Å². The second kappa shape index (κ2) is 10.3. The molecule has 4 atom stereocenters. The van der Waals surface area contributed by atoms with Gasteiger partial charge in [-0.15, -0.1) is 0 Å². The first kappa shape index (κ1) is 25.3. The van der Waals surface area contributed by atoms with Crippen LogP contribution in [-0.4, -0.2) is 33.9 Å². The Morgan fingerprint density at radius 3 is 2.49 bits per heavy atom. The Bertz CT molecular complexity index is 1420. The first-order valence-corrected chi connectivity index (χ1v) is 13.4. The summed E-state index contributed by atoms with van der Waals surface area (Å²) in [5.41, 5.74) is 2.17.